The molecule has 25 heteroatoms. The van der Waals surface area contributed by atoms with Crippen LogP contribution in [0.25, 0.3) is 22.3 Å². The van der Waals surface area contributed by atoms with E-state index >= 15 is 4.39 Å². The van der Waals surface area contributed by atoms with Gasteiger partial charge in [-0.15, -0.1) is 6.42 Å². The van der Waals surface area contributed by atoms with E-state index in [1.165, 1.54) is 34.9 Å². The molecule has 3 aliphatic rings. The molecule has 10 N–H and O–H groups in total. The number of nitrogens with one attached hydrogen (secondary N) is 6. The maximum absolute atomic E-state index is 15.5. The number of anilines is 2. The monoisotopic (exact) mass is 1150 g/mol. The summed E-state index contributed by atoms with van der Waals surface area (Å²) < 4.78 is 51.3. The van der Waals surface area contributed by atoms with Crippen LogP contribution in [0.2, 0.25) is 0 Å². The molecule has 436 valence electrons. The molecule has 23 nitrogen and oxygen atoms in total. The van der Waals surface area contributed by atoms with Gasteiger partial charge in [0.25, 0.3) is 11.5 Å². The predicted molar refractivity (Wildman–Crippen MR) is 301 cm³/mol. The van der Waals surface area contributed by atoms with E-state index in [1.54, 1.807) is 58.0 Å². The summed E-state index contributed by atoms with van der Waals surface area (Å²) in [7, 11) is -3.78. The fourth-order valence-electron chi connectivity index (χ4n) is 10.1. The molecule has 0 radical (unpaired) electrons. The van der Waals surface area contributed by atoms with Crippen molar-refractivity contribution in [3.05, 3.63) is 121 Å². The minimum atomic E-state index is -3.78. The van der Waals surface area contributed by atoms with Crippen molar-refractivity contribution in [2.24, 2.45) is 11.7 Å². The van der Waals surface area contributed by atoms with E-state index in [2.05, 4.69) is 37.3 Å². The summed E-state index contributed by atoms with van der Waals surface area (Å²) in [6.07, 6.45) is 5.69. The average Bonchev–Trinajstić information content (AvgIpc) is 1.75. The number of benzene rings is 3. The Labute approximate surface area is 472 Å². The van der Waals surface area contributed by atoms with Gasteiger partial charge < -0.3 is 70.9 Å². The van der Waals surface area contributed by atoms with Crippen LogP contribution in [0.3, 0.4) is 0 Å². The number of hydrogen-bond donors (Lipinski definition) is 9. The second-order valence-corrected chi connectivity index (χ2v) is 21.9. The topological polar surface area (TPSA) is 330 Å². The second-order valence-electron chi connectivity index (χ2n) is 20.0. The first-order chi connectivity index (χ1) is 38.7. The molecule has 3 aromatic carbocycles. The van der Waals surface area contributed by atoms with Crippen molar-refractivity contribution in [1.29, 1.82) is 0 Å². The van der Waals surface area contributed by atoms with Crippen LogP contribution in [0.4, 0.5) is 25.4 Å². The third-order valence-electron chi connectivity index (χ3n) is 14.4. The molecule has 5 atom stereocenters. The lowest BCUT2D eigenvalue weighted by Crippen LogP contribution is -2.54. The fraction of sp³-hybridized carbons (Fsp3) is 0.404. The number of primary amides is 1. The molecule has 2 aromatic heterocycles. The summed E-state index contributed by atoms with van der Waals surface area (Å²) in [5.41, 5.74) is 9.84. The first-order valence-electron chi connectivity index (χ1n) is 26.3. The first kappa shape index (κ1) is 61.4. The van der Waals surface area contributed by atoms with Gasteiger partial charge in [-0.2, -0.15) is 0 Å². The summed E-state index contributed by atoms with van der Waals surface area (Å²) in [6.45, 7) is 6.17. The van der Waals surface area contributed by atoms with E-state index in [0.717, 1.165) is 5.56 Å². The van der Waals surface area contributed by atoms with Crippen LogP contribution < -0.4 is 43.0 Å². The van der Waals surface area contributed by atoms with E-state index in [9.17, 15) is 43.2 Å². The Bertz CT molecular complexity index is 3440. The van der Waals surface area contributed by atoms with Crippen molar-refractivity contribution in [3.63, 3.8) is 0 Å². The van der Waals surface area contributed by atoms with E-state index < -0.39 is 84.4 Å². The maximum Gasteiger partial charge on any atom is 0.407 e. The predicted octanol–water partition coefficient (Wildman–Crippen LogP) is 5.62. The summed E-state index contributed by atoms with van der Waals surface area (Å²) in [4.78, 5) is 98.0. The van der Waals surface area contributed by atoms with Gasteiger partial charge in [0, 0.05) is 51.7 Å². The molecule has 82 heavy (non-hydrogen) atoms. The smallest absolute Gasteiger partial charge is 0.407 e. The number of hydrogen-bond acceptors (Lipinski definition) is 15. The van der Waals surface area contributed by atoms with Crippen LogP contribution in [0.15, 0.2) is 65.5 Å². The highest BCUT2D eigenvalue weighted by Gasteiger charge is 2.46. The number of nitrogens with two attached hydrogens (primary N) is 1. The molecule has 5 aromatic rings. The van der Waals surface area contributed by atoms with Crippen molar-refractivity contribution >= 4 is 65.6 Å². The van der Waals surface area contributed by atoms with Crippen molar-refractivity contribution in [2.75, 3.05) is 43.4 Å². The Morgan fingerprint density at radius 2 is 1.72 bits per heavy atom. The Morgan fingerprint density at radius 3 is 2.39 bits per heavy atom. The molecule has 0 fully saturated rings. The van der Waals surface area contributed by atoms with Gasteiger partial charge in [0.1, 0.15) is 31.1 Å². The number of ether oxygens (including phenoxy) is 3. The summed E-state index contributed by atoms with van der Waals surface area (Å²) in [6, 6.07) is 11.3. The Kier molecular flexibility index (Phi) is 19.6. The first-order valence-corrected chi connectivity index (χ1v) is 27.9. The second kappa shape index (κ2) is 26.1. The summed E-state index contributed by atoms with van der Waals surface area (Å²) in [5.74, 6) is -3.69. The van der Waals surface area contributed by atoms with Crippen LogP contribution in [0, 0.1) is 30.7 Å². The molecule has 1 unspecified atom stereocenters. The number of nitrogens with zero attached hydrogens (tertiary/aromatic N) is 2. The van der Waals surface area contributed by atoms with Gasteiger partial charge in [0.2, 0.25) is 11.8 Å². The molecule has 0 spiro atoms. The lowest BCUT2D eigenvalue weighted by molar-refractivity contribution is -0.172. The third-order valence-corrected chi connectivity index (χ3v) is 15.9. The quantitative estimate of drug-likeness (QED) is 0.0163. The number of terminal acetylenes is 1. The highest BCUT2D eigenvalue weighted by atomic mass is 31.2. The Hall–Kier alpha value is -8.20. The van der Waals surface area contributed by atoms with Gasteiger partial charge in [0.05, 0.1) is 61.5 Å². The van der Waals surface area contributed by atoms with Crippen LogP contribution >= 0.6 is 7.52 Å². The van der Waals surface area contributed by atoms with Crippen molar-refractivity contribution < 1.29 is 66.7 Å². The largest absolute Gasteiger partial charge is 0.458 e. The van der Waals surface area contributed by atoms with Crippen molar-refractivity contribution in [2.45, 2.75) is 111 Å². The van der Waals surface area contributed by atoms with Crippen LogP contribution in [0.1, 0.15) is 109 Å². The lowest BCUT2D eigenvalue weighted by Gasteiger charge is -2.31. The standard InChI is InChI=1S/C56H63FN9O14P.CH4/c1-6-56(75)39-25-44-48-37(27-66(44)52(71)38(39)29-78-53(56)72)46-41(19-18-36-31(5)40(57)26-43(61-48)45(36)46)63-55(74)79-28-32-10-14-34(15-11-32)60-50(69)42(9-8-20-59-54(58)73)62-51(70)47(30(3)4)64-49(68)33-12-16-35(17-13-33)65-81(76,7-2)80-24-23-77-22-21-67;/h2,10-17,25-26,30,41-42,47,67,75H,6,8-9,18-24,27-29H2,1,3-5H3,(H,60,69)(H,62,70)(H,63,74)(H,64,68)(H,65,76)(H3,58,59,73);1H4/t41-,42-,47-,56-,81?;/m0./s1. The minimum absolute atomic E-state index is 0. The number of aliphatic hydroxyl groups is 2. The maximum atomic E-state index is 15.5. The average molecular weight is 1150 g/mol. The molecule has 0 bridgehead atoms. The van der Waals surface area contributed by atoms with Crippen molar-refractivity contribution in [3.8, 4) is 23.5 Å². The van der Waals surface area contributed by atoms with E-state index in [4.69, 9.17) is 41.0 Å². The molecule has 4 heterocycles. The normalized spacial score (nSPS) is 17.0. The number of aromatic nitrogens is 2. The number of alkyl carbamates (subject to hydrolysis) is 1. The number of fused-ring (bicyclic) bond motifs is 5. The van der Waals surface area contributed by atoms with Gasteiger partial charge in [-0.3, -0.25) is 23.7 Å². The minimum Gasteiger partial charge on any atom is -0.458 e. The number of carbonyl (C=O) groups is 6. The van der Waals surface area contributed by atoms with E-state index in [-0.39, 0.29) is 102 Å². The number of rotatable bonds is 23. The number of esters is 1. The zero-order valence-electron chi connectivity index (χ0n) is 44.9. The van der Waals surface area contributed by atoms with Crippen LogP contribution in [-0.4, -0.2) is 101 Å². The Morgan fingerprint density at radius 1 is 1.00 bits per heavy atom. The zero-order valence-corrected chi connectivity index (χ0v) is 45.8. The summed E-state index contributed by atoms with van der Waals surface area (Å²) >= 11 is 0. The Balaban J connectivity index is 0.00000968. The van der Waals surface area contributed by atoms with E-state index in [1.807, 2.05) is 0 Å². The van der Waals surface area contributed by atoms with Gasteiger partial charge in [0.15, 0.2) is 5.60 Å². The number of aliphatic hydroxyl groups excluding tert-OH is 1. The van der Waals surface area contributed by atoms with Gasteiger partial charge >= 0.3 is 25.6 Å². The molecule has 0 saturated carbocycles. The number of aryl methyl sites for hydroxylation is 1. The molecule has 8 rings (SSSR count). The third kappa shape index (κ3) is 13.3. The van der Waals surface area contributed by atoms with Gasteiger partial charge in [-0.1, -0.05) is 40.3 Å². The molecule has 6 amide bonds. The van der Waals surface area contributed by atoms with Crippen LogP contribution in [-0.2, 0) is 69.5 Å². The van der Waals surface area contributed by atoms with E-state index in [0.29, 0.717) is 63.1 Å². The zero-order chi connectivity index (χ0) is 58.3. The highest BCUT2D eigenvalue weighted by molar-refractivity contribution is 7.65. The number of carbonyl (C=O) groups excluding carboxylic acids is 6. The van der Waals surface area contributed by atoms with Crippen molar-refractivity contribution in [1.82, 2.24) is 30.8 Å². The van der Waals surface area contributed by atoms with Gasteiger partial charge in [-0.25, -0.2) is 23.8 Å². The number of urea groups is 1. The summed E-state index contributed by atoms with van der Waals surface area (Å²) in [5, 5.41) is 37.2. The molecule has 0 saturated heterocycles. The number of cyclic esters (lactones) is 1. The molecule has 1 aliphatic carbocycles. The number of halogens is 1. The van der Waals surface area contributed by atoms with Gasteiger partial charge in [-0.05, 0) is 110 Å². The SMILES string of the molecule is C.C#CP(=O)(Nc1ccc(C(=O)N[C@H](C(=O)N[C@@H](CCCNC(N)=O)C(=O)Nc2ccc(COC(=O)N[C@H]3CCc4c(C)c(F)cc5nc6c(c3c45)Cn3c-6cc4c(c3=O)COC(=O)[C@]4(O)CC)cc2)C(C)C)cc1)OCCOCCO. The molecule has 2 aliphatic heterocycles. The molecular weight excluding hydrogens is 1080 g/mol. The fourth-order valence-corrected chi connectivity index (χ4v) is 11.1. The lowest BCUT2D eigenvalue weighted by atomic mass is 9.81. The van der Waals surface area contributed by atoms with Crippen LogP contribution in [0.5, 0.6) is 0 Å². The highest BCUT2D eigenvalue weighted by Crippen LogP contribution is 2.47. The molecular formula is C57H67FN9O14P. The number of amides is 6. The number of pyridine rings is 2.